The molecule has 0 aromatic heterocycles. The van der Waals surface area contributed by atoms with Gasteiger partial charge in [0.2, 0.25) is 0 Å². The number of hydrogen-bond acceptors (Lipinski definition) is 4. The highest BCUT2D eigenvalue weighted by atomic mass is 16.4. The molecule has 0 heterocycles. The van der Waals surface area contributed by atoms with Gasteiger partial charge in [-0.05, 0) is 12.8 Å². The van der Waals surface area contributed by atoms with Crippen LogP contribution in [-0.2, 0) is 19.2 Å². The van der Waals surface area contributed by atoms with Crippen molar-refractivity contribution in [2.75, 3.05) is 0 Å². The molecule has 0 saturated heterocycles. The van der Waals surface area contributed by atoms with Crippen molar-refractivity contribution in [2.45, 2.75) is 52.4 Å². The van der Waals surface area contributed by atoms with E-state index in [-0.39, 0.29) is 12.8 Å². The Labute approximate surface area is 117 Å². The molecule has 4 N–H and O–H groups in total. The van der Waals surface area contributed by atoms with Crippen molar-refractivity contribution in [3.63, 3.8) is 0 Å². The van der Waals surface area contributed by atoms with Crippen molar-refractivity contribution in [1.29, 1.82) is 0 Å². The van der Waals surface area contributed by atoms with Crippen molar-refractivity contribution in [3.8, 4) is 0 Å². The number of carboxylic acid groups (broad SMARTS) is 4. The van der Waals surface area contributed by atoms with Gasteiger partial charge in [-0.3, -0.25) is 19.2 Å². The van der Waals surface area contributed by atoms with Crippen molar-refractivity contribution in [1.82, 2.24) is 0 Å². The standard InChI is InChI=1S/C4H6O4.2C4H8O2/c5-3(6)1-2-4(7)8;2*1-2-3-4(5)6/h1-2H2,(H,5,6)(H,7,8);2*2-3H2,1H3,(H,5,6). The summed E-state index contributed by atoms with van der Waals surface area (Å²) >= 11 is 0. The predicted octanol–water partition coefficient (Wildman–Crippen LogP) is 1.68. The third kappa shape index (κ3) is 44.6. The van der Waals surface area contributed by atoms with Gasteiger partial charge in [0.05, 0.1) is 12.8 Å². The summed E-state index contributed by atoms with van der Waals surface area (Å²) in [7, 11) is 0. The van der Waals surface area contributed by atoms with Gasteiger partial charge in [-0.15, -0.1) is 0 Å². The molecule has 0 atom stereocenters. The van der Waals surface area contributed by atoms with Gasteiger partial charge in [0.15, 0.2) is 0 Å². The fourth-order valence-electron chi connectivity index (χ4n) is 0.642. The van der Waals surface area contributed by atoms with E-state index < -0.39 is 23.9 Å². The molecule has 0 radical (unpaired) electrons. The molecule has 0 spiro atoms. The maximum atomic E-state index is 9.64. The Morgan fingerprint density at radius 3 is 0.800 bits per heavy atom. The first kappa shape index (κ1) is 23.0. The lowest BCUT2D eigenvalue weighted by Gasteiger charge is -1.85. The highest BCUT2D eigenvalue weighted by Gasteiger charge is 2.00. The molecule has 0 bridgehead atoms. The fraction of sp³-hybridized carbons (Fsp3) is 0.667. The van der Waals surface area contributed by atoms with Gasteiger partial charge in [0, 0.05) is 12.8 Å². The van der Waals surface area contributed by atoms with E-state index in [0.717, 1.165) is 12.8 Å². The molecule has 0 rings (SSSR count). The Morgan fingerprint density at radius 1 is 0.550 bits per heavy atom. The summed E-state index contributed by atoms with van der Waals surface area (Å²) in [6.45, 7) is 3.68. The van der Waals surface area contributed by atoms with E-state index in [0.29, 0.717) is 12.8 Å². The monoisotopic (exact) mass is 294 g/mol. The third-order valence-electron chi connectivity index (χ3n) is 1.48. The Balaban J connectivity index is -0.000000221. The maximum Gasteiger partial charge on any atom is 0.303 e. The Kier molecular flexibility index (Phi) is 19.4. The molecule has 0 saturated carbocycles. The van der Waals surface area contributed by atoms with Gasteiger partial charge in [-0.1, -0.05) is 13.8 Å². The smallest absolute Gasteiger partial charge is 0.303 e. The van der Waals surface area contributed by atoms with Gasteiger partial charge in [-0.25, -0.2) is 0 Å². The number of carbonyl (C=O) groups is 4. The van der Waals surface area contributed by atoms with Gasteiger partial charge in [0.25, 0.3) is 0 Å². The van der Waals surface area contributed by atoms with Crippen LogP contribution < -0.4 is 0 Å². The van der Waals surface area contributed by atoms with Crippen LogP contribution in [0.3, 0.4) is 0 Å². The summed E-state index contributed by atoms with van der Waals surface area (Å²) in [4.78, 5) is 38.5. The number of aliphatic carboxylic acids is 4. The molecule has 8 nitrogen and oxygen atoms in total. The first-order chi connectivity index (χ1) is 9.17. The Hall–Kier alpha value is -2.12. The van der Waals surface area contributed by atoms with Crippen LogP contribution >= 0.6 is 0 Å². The average Bonchev–Trinajstić information content (AvgIpc) is 2.27. The summed E-state index contributed by atoms with van der Waals surface area (Å²) in [5.74, 6) is -3.57. The average molecular weight is 294 g/mol. The molecule has 8 heteroatoms. The molecule has 0 aromatic carbocycles. The lowest BCUT2D eigenvalue weighted by Crippen LogP contribution is -2.00. The van der Waals surface area contributed by atoms with Crippen LogP contribution in [0.4, 0.5) is 0 Å². The third-order valence-corrected chi connectivity index (χ3v) is 1.48. The molecule has 0 aliphatic rings. The molecule has 0 aliphatic heterocycles. The topological polar surface area (TPSA) is 149 Å². The summed E-state index contributed by atoms with van der Waals surface area (Å²) in [5.41, 5.74) is 0. The van der Waals surface area contributed by atoms with Crippen LogP contribution in [0.5, 0.6) is 0 Å². The Morgan fingerprint density at radius 2 is 0.750 bits per heavy atom. The van der Waals surface area contributed by atoms with Gasteiger partial charge < -0.3 is 20.4 Å². The number of carboxylic acids is 4. The van der Waals surface area contributed by atoms with E-state index in [4.69, 9.17) is 20.4 Å². The molecule has 0 aromatic rings. The minimum atomic E-state index is -1.08. The van der Waals surface area contributed by atoms with Gasteiger partial charge in [-0.2, -0.15) is 0 Å². The van der Waals surface area contributed by atoms with E-state index in [1.807, 2.05) is 13.8 Å². The van der Waals surface area contributed by atoms with E-state index in [1.165, 1.54) is 0 Å². The minimum Gasteiger partial charge on any atom is -0.481 e. The van der Waals surface area contributed by atoms with Crippen molar-refractivity contribution in [2.24, 2.45) is 0 Å². The van der Waals surface area contributed by atoms with Crippen molar-refractivity contribution < 1.29 is 39.6 Å². The lowest BCUT2D eigenvalue weighted by atomic mass is 10.3. The summed E-state index contributed by atoms with van der Waals surface area (Å²) in [6, 6.07) is 0. The second kappa shape index (κ2) is 16.9. The summed E-state index contributed by atoms with van der Waals surface area (Å²) in [5, 5.41) is 31.6. The zero-order chi connectivity index (χ0) is 16.6. The first-order valence-corrected chi connectivity index (χ1v) is 6.04. The van der Waals surface area contributed by atoms with Gasteiger partial charge >= 0.3 is 23.9 Å². The van der Waals surface area contributed by atoms with Crippen LogP contribution in [0.15, 0.2) is 0 Å². The lowest BCUT2D eigenvalue weighted by molar-refractivity contribution is -0.143. The zero-order valence-corrected chi connectivity index (χ0v) is 11.7. The van der Waals surface area contributed by atoms with E-state index in [9.17, 15) is 19.2 Å². The van der Waals surface area contributed by atoms with E-state index >= 15 is 0 Å². The maximum absolute atomic E-state index is 9.64. The first-order valence-electron chi connectivity index (χ1n) is 6.04. The van der Waals surface area contributed by atoms with E-state index in [2.05, 4.69) is 0 Å². The Bertz CT molecular complexity index is 268. The highest BCUT2D eigenvalue weighted by Crippen LogP contribution is 1.86. The molecule has 118 valence electrons. The highest BCUT2D eigenvalue weighted by molar-refractivity contribution is 5.75. The van der Waals surface area contributed by atoms with Crippen molar-refractivity contribution >= 4 is 23.9 Å². The van der Waals surface area contributed by atoms with Crippen LogP contribution in [-0.4, -0.2) is 44.3 Å². The molecule has 0 fully saturated rings. The van der Waals surface area contributed by atoms with E-state index in [1.54, 1.807) is 0 Å². The fourth-order valence-corrected chi connectivity index (χ4v) is 0.642. The quantitative estimate of drug-likeness (QED) is 0.554. The largest absolute Gasteiger partial charge is 0.481 e. The molecule has 0 unspecified atom stereocenters. The van der Waals surface area contributed by atoms with Crippen LogP contribution in [0.25, 0.3) is 0 Å². The predicted molar refractivity (Wildman–Crippen MR) is 69.6 cm³/mol. The number of rotatable bonds is 7. The zero-order valence-electron chi connectivity index (χ0n) is 11.7. The molecule has 0 amide bonds. The SMILES string of the molecule is CCCC(=O)O.CCCC(=O)O.O=C(O)CCC(=O)O. The normalized spacial score (nSPS) is 8.30. The summed E-state index contributed by atoms with van der Waals surface area (Å²) < 4.78 is 0. The van der Waals surface area contributed by atoms with Crippen molar-refractivity contribution in [3.05, 3.63) is 0 Å². The molecular formula is C12H22O8. The molecular weight excluding hydrogens is 272 g/mol. The van der Waals surface area contributed by atoms with Crippen LogP contribution in [0.2, 0.25) is 0 Å². The second-order valence-electron chi connectivity index (χ2n) is 3.57. The molecule has 20 heavy (non-hydrogen) atoms. The second-order valence-corrected chi connectivity index (χ2v) is 3.57. The van der Waals surface area contributed by atoms with Crippen LogP contribution in [0.1, 0.15) is 52.4 Å². The van der Waals surface area contributed by atoms with Crippen LogP contribution in [0, 0.1) is 0 Å². The summed E-state index contributed by atoms with van der Waals surface area (Å²) in [6.07, 6.45) is 1.45. The minimum absolute atomic E-state index is 0.292. The van der Waals surface area contributed by atoms with Gasteiger partial charge in [0.1, 0.15) is 0 Å². The number of hydrogen-bond donors (Lipinski definition) is 4. The molecule has 0 aliphatic carbocycles.